The van der Waals surface area contributed by atoms with Gasteiger partial charge in [0.25, 0.3) is 5.56 Å². The molecule has 1 aliphatic rings. The molecule has 0 radical (unpaired) electrons. The van der Waals surface area contributed by atoms with E-state index in [-0.39, 0.29) is 18.5 Å². The zero-order valence-electron chi connectivity index (χ0n) is 9.00. The number of nitrogens with zero attached hydrogens (tertiary/aromatic N) is 2. The summed E-state index contributed by atoms with van der Waals surface area (Å²) in [5, 5.41) is 10.7. The number of amides is 2. The molecule has 0 atom stereocenters. The molecule has 1 fully saturated rings. The molecule has 2 rings (SSSR count). The first-order valence-corrected chi connectivity index (χ1v) is 4.95. The van der Waals surface area contributed by atoms with E-state index in [0.717, 1.165) is 6.07 Å². The maximum Gasteiger partial charge on any atom is 0.311 e. The molecule has 0 spiro atoms. The Labute approximate surface area is 99.3 Å². The summed E-state index contributed by atoms with van der Waals surface area (Å²) >= 11 is 0. The second-order valence-electron chi connectivity index (χ2n) is 3.66. The number of nitrogen functional groups attached to an aromatic ring is 1. The van der Waals surface area contributed by atoms with Gasteiger partial charge in [-0.15, -0.1) is 0 Å². The van der Waals surface area contributed by atoms with Gasteiger partial charge in [0.1, 0.15) is 5.69 Å². The van der Waals surface area contributed by atoms with E-state index in [9.17, 15) is 24.5 Å². The van der Waals surface area contributed by atoms with E-state index < -0.39 is 33.8 Å². The molecule has 1 aromatic rings. The van der Waals surface area contributed by atoms with Gasteiger partial charge in [-0.05, 0) is 0 Å². The Hall–Kier alpha value is -2.71. The van der Waals surface area contributed by atoms with Crippen molar-refractivity contribution < 1.29 is 14.5 Å². The zero-order chi connectivity index (χ0) is 13.4. The fourth-order valence-corrected chi connectivity index (χ4v) is 1.69. The zero-order valence-corrected chi connectivity index (χ0v) is 9.00. The number of hydrogen-bond donors (Lipinski definition) is 2. The van der Waals surface area contributed by atoms with Gasteiger partial charge in [-0.2, -0.15) is 0 Å². The maximum absolute atomic E-state index is 11.6. The number of carbonyl (C=O) groups excluding carboxylic acids is 2. The van der Waals surface area contributed by atoms with Crippen molar-refractivity contribution in [3.8, 4) is 0 Å². The lowest BCUT2D eigenvalue weighted by molar-refractivity contribution is -0.384. The Morgan fingerprint density at radius 3 is 2.33 bits per heavy atom. The SMILES string of the molecule is Nc1[nH]c(=O)c(N2C(=O)CCC2=O)cc1[N+](=O)[O-]. The van der Waals surface area contributed by atoms with Crippen LogP contribution in [0.5, 0.6) is 0 Å². The number of nitro groups is 1. The number of aromatic amines is 1. The third kappa shape index (κ3) is 1.71. The van der Waals surface area contributed by atoms with Gasteiger partial charge in [0.05, 0.1) is 4.92 Å². The number of imide groups is 1. The molecule has 0 aromatic carbocycles. The monoisotopic (exact) mass is 252 g/mol. The summed E-state index contributed by atoms with van der Waals surface area (Å²) in [5.74, 6) is -1.55. The van der Waals surface area contributed by atoms with E-state index in [2.05, 4.69) is 0 Å². The third-order valence-electron chi connectivity index (χ3n) is 2.52. The Morgan fingerprint density at radius 2 is 1.83 bits per heavy atom. The van der Waals surface area contributed by atoms with Crippen LogP contribution in [0.1, 0.15) is 12.8 Å². The Bertz CT molecular complexity index is 604. The van der Waals surface area contributed by atoms with E-state index in [0.29, 0.717) is 4.90 Å². The normalized spacial score (nSPS) is 15.2. The molecule has 1 aromatic heterocycles. The topological polar surface area (TPSA) is 139 Å². The molecule has 9 nitrogen and oxygen atoms in total. The lowest BCUT2D eigenvalue weighted by atomic mass is 10.3. The average Bonchev–Trinajstić information content (AvgIpc) is 2.59. The molecule has 1 saturated heterocycles. The highest BCUT2D eigenvalue weighted by Crippen LogP contribution is 2.25. The predicted molar refractivity (Wildman–Crippen MR) is 59.9 cm³/mol. The summed E-state index contributed by atoms with van der Waals surface area (Å²) in [5.41, 5.74) is 3.53. The number of aromatic nitrogens is 1. The molecule has 0 aliphatic carbocycles. The van der Waals surface area contributed by atoms with Crippen LogP contribution in [0.4, 0.5) is 17.2 Å². The number of hydrogen-bond acceptors (Lipinski definition) is 6. The standard InChI is InChI=1S/C9H8N4O5/c10-8-4(13(17)18)3-5(9(16)11-8)12-6(14)1-2-7(12)15/h3H,1-2H2,(H3,10,11,16). The summed E-state index contributed by atoms with van der Waals surface area (Å²) < 4.78 is 0. The lowest BCUT2D eigenvalue weighted by Crippen LogP contribution is -2.33. The third-order valence-corrected chi connectivity index (χ3v) is 2.52. The Morgan fingerprint density at radius 1 is 1.28 bits per heavy atom. The molecule has 18 heavy (non-hydrogen) atoms. The van der Waals surface area contributed by atoms with Crippen LogP contribution in [-0.4, -0.2) is 21.7 Å². The smallest absolute Gasteiger partial charge is 0.311 e. The predicted octanol–water partition coefficient (Wildman–Crippen LogP) is -0.481. The van der Waals surface area contributed by atoms with Crippen molar-refractivity contribution in [2.45, 2.75) is 12.8 Å². The number of anilines is 2. The van der Waals surface area contributed by atoms with Crippen molar-refractivity contribution in [1.29, 1.82) is 0 Å². The highest BCUT2D eigenvalue weighted by atomic mass is 16.6. The molecule has 9 heteroatoms. The molecular weight excluding hydrogens is 244 g/mol. The number of nitrogens with one attached hydrogen (secondary N) is 1. The second kappa shape index (κ2) is 3.95. The van der Waals surface area contributed by atoms with E-state index in [1.807, 2.05) is 4.98 Å². The first-order chi connectivity index (χ1) is 8.41. The molecule has 1 aliphatic heterocycles. The Kier molecular flexibility index (Phi) is 2.58. The van der Waals surface area contributed by atoms with Crippen LogP contribution in [-0.2, 0) is 9.59 Å². The van der Waals surface area contributed by atoms with Crippen LogP contribution in [0.3, 0.4) is 0 Å². The summed E-state index contributed by atoms with van der Waals surface area (Å²) in [7, 11) is 0. The minimum absolute atomic E-state index is 0.0174. The van der Waals surface area contributed by atoms with Gasteiger partial charge in [0.15, 0.2) is 5.82 Å². The molecule has 0 unspecified atom stereocenters. The van der Waals surface area contributed by atoms with Gasteiger partial charge in [-0.1, -0.05) is 0 Å². The van der Waals surface area contributed by atoms with Crippen LogP contribution < -0.4 is 16.2 Å². The minimum Gasteiger partial charge on any atom is -0.379 e. The largest absolute Gasteiger partial charge is 0.379 e. The summed E-state index contributed by atoms with van der Waals surface area (Å²) in [6, 6.07) is 0.829. The highest BCUT2D eigenvalue weighted by Gasteiger charge is 2.33. The molecule has 3 N–H and O–H groups in total. The van der Waals surface area contributed by atoms with Crippen LogP contribution in [0, 0.1) is 10.1 Å². The van der Waals surface area contributed by atoms with E-state index in [1.165, 1.54) is 0 Å². The molecule has 94 valence electrons. The van der Waals surface area contributed by atoms with Crippen LogP contribution in [0.15, 0.2) is 10.9 Å². The van der Waals surface area contributed by atoms with Crippen molar-refractivity contribution in [2.75, 3.05) is 10.6 Å². The molecule has 0 saturated carbocycles. The number of rotatable bonds is 2. The Balaban J connectivity index is 2.61. The lowest BCUT2D eigenvalue weighted by Gasteiger charge is -2.12. The maximum atomic E-state index is 11.6. The van der Waals surface area contributed by atoms with Gasteiger partial charge < -0.3 is 10.7 Å². The van der Waals surface area contributed by atoms with Gasteiger partial charge in [-0.25, -0.2) is 4.90 Å². The number of carbonyl (C=O) groups is 2. The van der Waals surface area contributed by atoms with Crippen molar-refractivity contribution in [2.24, 2.45) is 0 Å². The van der Waals surface area contributed by atoms with Crippen LogP contribution in [0.2, 0.25) is 0 Å². The first-order valence-electron chi connectivity index (χ1n) is 4.95. The number of nitrogens with two attached hydrogens (primary N) is 1. The molecular formula is C9H8N4O5. The molecule has 0 bridgehead atoms. The highest BCUT2D eigenvalue weighted by molar-refractivity contribution is 6.19. The minimum atomic E-state index is -0.818. The second-order valence-corrected chi connectivity index (χ2v) is 3.66. The summed E-state index contributed by atoms with van der Waals surface area (Å²) in [6.45, 7) is 0. The molecule has 2 heterocycles. The number of pyridine rings is 1. The van der Waals surface area contributed by atoms with Gasteiger partial charge in [0, 0.05) is 18.9 Å². The van der Waals surface area contributed by atoms with Crippen molar-refractivity contribution in [1.82, 2.24) is 4.98 Å². The first kappa shape index (κ1) is 11.8. The van der Waals surface area contributed by atoms with Crippen LogP contribution in [0.25, 0.3) is 0 Å². The fourth-order valence-electron chi connectivity index (χ4n) is 1.69. The van der Waals surface area contributed by atoms with Gasteiger partial charge in [-0.3, -0.25) is 24.5 Å². The van der Waals surface area contributed by atoms with Crippen molar-refractivity contribution in [3.63, 3.8) is 0 Å². The van der Waals surface area contributed by atoms with E-state index in [4.69, 9.17) is 5.73 Å². The van der Waals surface area contributed by atoms with Gasteiger partial charge in [0.2, 0.25) is 11.8 Å². The molecule has 2 amide bonds. The number of H-pyrrole nitrogens is 1. The quantitative estimate of drug-likeness (QED) is 0.414. The van der Waals surface area contributed by atoms with Crippen molar-refractivity contribution in [3.05, 3.63) is 26.5 Å². The van der Waals surface area contributed by atoms with Crippen LogP contribution >= 0.6 is 0 Å². The average molecular weight is 252 g/mol. The van der Waals surface area contributed by atoms with Crippen molar-refractivity contribution >= 4 is 29.0 Å². The summed E-state index contributed by atoms with van der Waals surface area (Å²) in [4.78, 5) is 47.1. The van der Waals surface area contributed by atoms with E-state index in [1.54, 1.807) is 0 Å². The van der Waals surface area contributed by atoms with Gasteiger partial charge >= 0.3 is 5.69 Å². The summed E-state index contributed by atoms with van der Waals surface area (Å²) in [6.07, 6.45) is -0.0348. The van der Waals surface area contributed by atoms with E-state index >= 15 is 0 Å². The fraction of sp³-hybridized carbons (Fsp3) is 0.222.